The topological polar surface area (TPSA) is 69.7 Å². The molecule has 0 N–H and O–H groups in total. The molecule has 5 heteroatoms. The standard InChI is InChI=1S/C33H50O5/c1-7-8-9-10-11-12-13-19-31(35)37-24-29(34)25-38-32(36)23-27(3)17-14-16-26(2)20-21-30-28(4)18-15-22-33(30,5)6/h14,16-17,20-21,23H,7-13,15,18-19,22,24-25H2,1-6H3/b17-14?,21-20?,26-16?,27-23-. The van der Waals surface area contributed by atoms with E-state index in [0.29, 0.717) is 12.0 Å². The zero-order chi connectivity index (χ0) is 28.4. The van der Waals surface area contributed by atoms with Crippen molar-refractivity contribution in [2.24, 2.45) is 5.41 Å². The number of ketones is 1. The van der Waals surface area contributed by atoms with E-state index >= 15 is 0 Å². The van der Waals surface area contributed by atoms with Gasteiger partial charge in [-0.25, -0.2) is 4.79 Å². The molecular formula is C33H50O5. The van der Waals surface area contributed by atoms with Crippen LogP contribution in [0.3, 0.4) is 0 Å². The Balaban J connectivity index is 2.34. The Morgan fingerprint density at radius 3 is 2.24 bits per heavy atom. The Morgan fingerprint density at radius 1 is 0.895 bits per heavy atom. The van der Waals surface area contributed by atoms with Crippen LogP contribution in [0.1, 0.15) is 112 Å². The van der Waals surface area contributed by atoms with Crippen LogP contribution >= 0.6 is 0 Å². The summed E-state index contributed by atoms with van der Waals surface area (Å²) < 4.78 is 9.99. The summed E-state index contributed by atoms with van der Waals surface area (Å²) in [7, 11) is 0. The monoisotopic (exact) mass is 526 g/mol. The minimum Gasteiger partial charge on any atom is -0.458 e. The highest BCUT2D eigenvalue weighted by molar-refractivity contribution is 5.88. The molecule has 0 bridgehead atoms. The van der Waals surface area contributed by atoms with E-state index in [9.17, 15) is 14.4 Å². The molecule has 5 nitrogen and oxygen atoms in total. The quantitative estimate of drug-likeness (QED) is 0.0825. The smallest absolute Gasteiger partial charge is 0.331 e. The Labute approximate surface area is 231 Å². The molecular weight excluding hydrogens is 476 g/mol. The molecule has 0 atom stereocenters. The lowest BCUT2D eigenvalue weighted by Gasteiger charge is -2.32. The molecule has 0 unspecified atom stereocenters. The average Bonchev–Trinajstić information content (AvgIpc) is 2.85. The third kappa shape index (κ3) is 14.9. The third-order valence-corrected chi connectivity index (χ3v) is 6.87. The van der Waals surface area contributed by atoms with Gasteiger partial charge in [-0.05, 0) is 63.0 Å². The van der Waals surface area contributed by atoms with Crippen LogP contribution in [0.2, 0.25) is 0 Å². The number of allylic oxidation sites excluding steroid dienone is 9. The van der Waals surface area contributed by atoms with Gasteiger partial charge in [0, 0.05) is 12.5 Å². The van der Waals surface area contributed by atoms with E-state index in [-0.39, 0.29) is 18.0 Å². The molecule has 0 saturated heterocycles. The molecule has 0 heterocycles. The summed E-state index contributed by atoms with van der Waals surface area (Å²) in [6.45, 7) is 12.1. The highest BCUT2D eigenvalue weighted by Gasteiger charge is 2.26. The van der Waals surface area contributed by atoms with Gasteiger partial charge in [0.05, 0.1) is 0 Å². The molecule has 0 aliphatic heterocycles. The van der Waals surface area contributed by atoms with E-state index in [1.165, 1.54) is 62.2 Å². The van der Waals surface area contributed by atoms with E-state index in [4.69, 9.17) is 9.47 Å². The van der Waals surface area contributed by atoms with Crippen molar-refractivity contribution in [3.05, 3.63) is 58.7 Å². The van der Waals surface area contributed by atoms with Crippen molar-refractivity contribution in [2.45, 2.75) is 112 Å². The minimum absolute atomic E-state index is 0.213. The van der Waals surface area contributed by atoms with Gasteiger partial charge in [0.15, 0.2) is 13.2 Å². The van der Waals surface area contributed by atoms with E-state index in [1.54, 1.807) is 6.92 Å². The molecule has 0 aromatic rings. The molecule has 0 amide bonds. The fourth-order valence-electron chi connectivity index (χ4n) is 4.56. The van der Waals surface area contributed by atoms with Gasteiger partial charge in [0.1, 0.15) is 0 Å². The number of esters is 2. The first kappa shape index (κ1) is 33.3. The maximum Gasteiger partial charge on any atom is 0.331 e. The summed E-state index contributed by atoms with van der Waals surface area (Å²) in [4.78, 5) is 35.7. The van der Waals surface area contributed by atoms with E-state index in [1.807, 2.05) is 25.2 Å². The molecule has 0 radical (unpaired) electrons. The molecule has 0 aromatic carbocycles. The summed E-state index contributed by atoms with van der Waals surface area (Å²) in [5.74, 6) is -1.42. The maximum atomic E-state index is 12.0. The summed E-state index contributed by atoms with van der Waals surface area (Å²) in [6, 6.07) is 0. The van der Waals surface area contributed by atoms with Gasteiger partial charge in [-0.1, -0.05) is 101 Å². The van der Waals surface area contributed by atoms with Crippen LogP contribution in [-0.4, -0.2) is 30.9 Å². The SMILES string of the molecule is CCCCCCCCCC(=O)OCC(=O)COC(=O)/C=C(/C)C=CC=C(C)C=CC1=C(C)CCCC1(C)C. The highest BCUT2D eigenvalue weighted by Crippen LogP contribution is 2.40. The van der Waals surface area contributed by atoms with Crippen molar-refractivity contribution >= 4 is 17.7 Å². The molecule has 1 aliphatic carbocycles. The van der Waals surface area contributed by atoms with Crippen LogP contribution in [-0.2, 0) is 23.9 Å². The van der Waals surface area contributed by atoms with E-state index in [2.05, 4.69) is 39.8 Å². The van der Waals surface area contributed by atoms with Crippen LogP contribution in [0.15, 0.2) is 58.7 Å². The van der Waals surface area contributed by atoms with E-state index in [0.717, 1.165) is 24.8 Å². The summed E-state index contributed by atoms with van der Waals surface area (Å²) in [5.41, 5.74) is 4.94. The van der Waals surface area contributed by atoms with Crippen molar-refractivity contribution in [3.8, 4) is 0 Å². The number of unbranched alkanes of at least 4 members (excludes halogenated alkanes) is 6. The van der Waals surface area contributed by atoms with Crippen molar-refractivity contribution in [1.29, 1.82) is 0 Å². The largest absolute Gasteiger partial charge is 0.458 e. The lowest BCUT2D eigenvalue weighted by Crippen LogP contribution is -2.20. The van der Waals surface area contributed by atoms with Gasteiger partial charge in [0.25, 0.3) is 0 Å². The second-order valence-corrected chi connectivity index (χ2v) is 11.1. The van der Waals surface area contributed by atoms with Gasteiger partial charge in [-0.3, -0.25) is 9.59 Å². The number of rotatable bonds is 17. The van der Waals surface area contributed by atoms with Crippen LogP contribution in [0, 0.1) is 5.41 Å². The summed E-state index contributed by atoms with van der Waals surface area (Å²) >= 11 is 0. The minimum atomic E-state index is -0.600. The fraction of sp³-hybridized carbons (Fsp3) is 0.606. The molecule has 1 rings (SSSR count). The molecule has 0 fully saturated rings. The first-order valence-electron chi connectivity index (χ1n) is 14.3. The van der Waals surface area contributed by atoms with Gasteiger partial charge < -0.3 is 9.47 Å². The molecule has 212 valence electrons. The summed E-state index contributed by atoms with van der Waals surface area (Å²) in [6.07, 6.45) is 23.2. The first-order valence-corrected chi connectivity index (χ1v) is 14.3. The van der Waals surface area contributed by atoms with Gasteiger partial charge in [-0.15, -0.1) is 0 Å². The van der Waals surface area contributed by atoms with Gasteiger partial charge in [-0.2, -0.15) is 0 Å². The zero-order valence-electron chi connectivity index (χ0n) is 24.7. The normalized spacial score (nSPS) is 16.4. The van der Waals surface area contributed by atoms with Gasteiger partial charge in [0.2, 0.25) is 5.78 Å². The number of carbonyl (C=O) groups excluding carboxylic acids is 3. The number of ether oxygens (including phenoxy) is 2. The molecule has 1 aliphatic rings. The van der Waals surface area contributed by atoms with Crippen molar-refractivity contribution < 1.29 is 23.9 Å². The van der Waals surface area contributed by atoms with Gasteiger partial charge >= 0.3 is 11.9 Å². The number of hydrogen-bond donors (Lipinski definition) is 0. The summed E-state index contributed by atoms with van der Waals surface area (Å²) in [5, 5.41) is 0. The number of Topliss-reactive ketones (excluding diaryl/α,β-unsaturated/α-hetero) is 1. The molecule has 0 spiro atoms. The second-order valence-electron chi connectivity index (χ2n) is 11.1. The lowest BCUT2D eigenvalue weighted by atomic mass is 9.72. The van der Waals surface area contributed by atoms with Crippen molar-refractivity contribution in [3.63, 3.8) is 0 Å². The lowest BCUT2D eigenvalue weighted by molar-refractivity contribution is -0.151. The Hall–Kier alpha value is -2.69. The Kier molecular flexibility index (Phi) is 16.3. The van der Waals surface area contributed by atoms with Crippen LogP contribution < -0.4 is 0 Å². The second kappa shape index (κ2) is 18.5. The third-order valence-electron chi connectivity index (χ3n) is 6.87. The van der Waals surface area contributed by atoms with E-state index < -0.39 is 18.4 Å². The predicted molar refractivity (Wildman–Crippen MR) is 156 cm³/mol. The Bertz CT molecular complexity index is 927. The molecule has 0 aromatic heterocycles. The first-order chi connectivity index (χ1) is 18.0. The predicted octanol–water partition coefficient (Wildman–Crippen LogP) is 8.31. The fourth-order valence-corrected chi connectivity index (χ4v) is 4.56. The van der Waals surface area contributed by atoms with Crippen molar-refractivity contribution in [1.82, 2.24) is 0 Å². The number of hydrogen-bond acceptors (Lipinski definition) is 5. The highest BCUT2D eigenvalue weighted by atomic mass is 16.6. The molecule has 0 saturated carbocycles. The Morgan fingerprint density at radius 2 is 1.55 bits per heavy atom. The van der Waals surface area contributed by atoms with Crippen LogP contribution in [0.4, 0.5) is 0 Å². The zero-order valence-corrected chi connectivity index (χ0v) is 24.7. The molecule has 38 heavy (non-hydrogen) atoms. The maximum absolute atomic E-state index is 12.0. The average molecular weight is 527 g/mol. The van der Waals surface area contributed by atoms with Crippen LogP contribution in [0.25, 0.3) is 0 Å². The van der Waals surface area contributed by atoms with Crippen LogP contribution in [0.5, 0.6) is 0 Å². The number of carbonyl (C=O) groups is 3. The van der Waals surface area contributed by atoms with Crippen molar-refractivity contribution in [2.75, 3.05) is 13.2 Å².